The van der Waals surface area contributed by atoms with Gasteiger partial charge in [0.15, 0.2) is 0 Å². The van der Waals surface area contributed by atoms with Gasteiger partial charge in [0.2, 0.25) is 0 Å². The van der Waals surface area contributed by atoms with Gasteiger partial charge in [0.25, 0.3) is 5.56 Å². The third-order valence-corrected chi connectivity index (χ3v) is 3.14. The van der Waals surface area contributed by atoms with E-state index in [9.17, 15) is 9.59 Å². The van der Waals surface area contributed by atoms with Crippen LogP contribution in [0.5, 0.6) is 0 Å². The van der Waals surface area contributed by atoms with Crippen molar-refractivity contribution in [2.75, 3.05) is 11.1 Å². The minimum atomic E-state index is -0.453. The lowest BCUT2D eigenvalue weighted by molar-refractivity contribution is 0.508. The number of nitrogens with zero attached hydrogens (tertiary/aromatic N) is 1. The van der Waals surface area contributed by atoms with Crippen LogP contribution in [0.15, 0.2) is 21.7 Å². The SMILES string of the molecule is CC(C)Cn1c(N)c(NC2CC=CC2)c(=O)[nH]c1=O. The van der Waals surface area contributed by atoms with Crippen LogP contribution in [-0.2, 0) is 6.54 Å². The van der Waals surface area contributed by atoms with Gasteiger partial charge in [-0.2, -0.15) is 0 Å². The lowest BCUT2D eigenvalue weighted by atomic mass is 10.2. The molecule has 0 spiro atoms. The Labute approximate surface area is 111 Å². The zero-order valence-corrected chi connectivity index (χ0v) is 11.3. The maximum Gasteiger partial charge on any atom is 0.330 e. The Kier molecular flexibility index (Phi) is 3.78. The van der Waals surface area contributed by atoms with E-state index in [2.05, 4.69) is 22.5 Å². The van der Waals surface area contributed by atoms with E-state index >= 15 is 0 Å². The van der Waals surface area contributed by atoms with Crippen LogP contribution in [0, 0.1) is 5.92 Å². The largest absolute Gasteiger partial charge is 0.383 e. The molecule has 1 heterocycles. The van der Waals surface area contributed by atoms with E-state index in [-0.39, 0.29) is 17.8 Å². The molecule has 0 unspecified atom stereocenters. The number of H-pyrrole nitrogens is 1. The Hall–Kier alpha value is -1.98. The number of aromatic amines is 1. The number of aromatic nitrogens is 2. The molecule has 0 amide bonds. The Morgan fingerprint density at radius 1 is 1.42 bits per heavy atom. The highest BCUT2D eigenvalue weighted by atomic mass is 16.2. The summed E-state index contributed by atoms with van der Waals surface area (Å²) in [5, 5.41) is 3.13. The van der Waals surface area contributed by atoms with E-state index in [1.165, 1.54) is 4.57 Å². The highest BCUT2D eigenvalue weighted by Crippen LogP contribution is 2.18. The first kappa shape index (κ1) is 13.5. The van der Waals surface area contributed by atoms with Crippen LogP contribution in [0.4, 0.5) is 11.5 Å². The zero-order valence-electron chi connectivity index (χ0n) is 11.3. The van der Waals surface area contributed by atoms with Crippen LogP contribution in [-0.4, -0.2) is 15.6 Å². The van der Waals surface area contributed by atoms with Crippen molar-refractivity contribution in [1.82, 2.24) is 9.55 Å². The summed E-state index contributed by atoms with van der Waals surface area (Å²) in [6.07, 6.45) is 5.85. The minimum Gasteiger partial charge on any atom is -0.383 e. The predicted molar refractivity (Wildman–Crippen MR) is 76.4 cm³/mol. The Balaban J connectivity index is 2.36. The number of nitrogens with one attached hydrogen (secondary N) is 2. The Morgan fingerprint density at radius 2 is 2.05 bits per heavy atom. The highest BCUT2D eigenvalue weighted by molar-refractivity contribution is 5.61. The quantitative estimate of drug-likeness (QED) is 0.705. The molecule has 0 aliphatic heterocycles. The molecular weight excluding hydrogens is 244 g/mol. The van der Waals surface area contributed by atoms with E-state index in [0.717, 1.165) is 12.8 Å². The fourth-order valence-corrected chi connectivity index (χ4v) is 2.21. The van der Waals surface area contributed by atoms with Crippen molar-refractivity contribution in [3.63, 3.8) is 0 Å². The van der Waals surface area contributed by atoms with Gasteiger partial charge >= 0.3 is 5.69 Å². The van der Waals surface area contributed by atoms with E-state index < -0.39 is 11.2 Å². The van der Waals surface area contributed by atoms with E-state index in [0.29, 0.717) is 12.2 Å². The first-order chi connectivity index (χ1) is 8.99. The lowest BCUT2D eigenvalue weighted by Gasteiger charge is -2.18. The van der Waals surface area contributed by atoms with Crippen molar-refractivity contribution < 1.29 is 0 Å². The van der Waals surface area contributed by atoms with Gasteiger partial charge in [-0.15, -0.1) is 0 Å². The monoisotopic (exact) mass is 264 g/mol. The van der Waals surface area contributed by atoms with Crippen molar-refractivity contribution in [3.8, 4) is 0 Å². The second kappa shape index (κ2) is 5.34. The molecule has 4 N–H and O–H groups in total. The molecule has 0 saturated heterocycles. The van der Waals surface area contributed by atoms with Gasteiger partial charge in [0.1, 0.15) is 11.5 Å². The van der Waals surface area contributed by atoms with Crippen molar-refractivity contribution in [2.24, 2.45) is 5.92 Å². The molecule has 1 aliphatic carbocycles. The summed E-state index contributed by atoms with van der Waals surface area (Å²) >= 11 is 0. The van der Waals surface area contributed by atoms with Crippen molar-refractivity contribution in [3.05, 3.63) is 33.0 Å². The second-order valence-corrected chi connectivity index (χ2v) is 5.31. The summed E-state index contributed by atoms with van der Waals surface area (Å²) in [4.78, 5) is 25.9. The molecule has 104 valence electrons. The number of rotatable bonds is 4. The van der Waals surface area contributed by atoms with Gasteiger partial charge in [0, 0.05) is 12.6 Å². The van der Waals surface area contributed by atoms with Crippen molar-refractivity contribution in [2.45, 2.75) is 39.3 Å². The van der Waals surface area contributed by atoms with E-state index in [4.69, 9.17) is 5.73 Å². The molecule has 1 aromatic heterocycles. The van der Waals surface area contributed by atoms with Crippen molar-refractivity contribution in [1.29, 1.82) is 0 Å². The zero-order chi connectivity index (χ0) is 14.0. The average molecular weight is 264 g/mol. The topological polar surface area (TPSA) is 92.9 Å². The smallest absolute Gasteiger partial charge is 0.330 e. The summed E-state index contributed by atoms with van der Waals surface area (Å²) < 4.78 is 1.41. The molecule has 0 atom stereocenters. The molecule has 0 saturated carbocycles. The summed E-state index contributed by atoms with van der Waals surface area (Å²) in [7, 11) is 0. The molecular formula is C13H20N4O2. The second-order valence-electron chi connectivity index (χ2n) is 5.31. The first-order valence-corrected chi connectivity index (χ1v) is 6.53. The van der Waals surface area contributed by atoms with Crippen LogP contribution in [0.25, 0.3) is 0 Å². The molecule has 0 fully saturated rings. The summed E-state index contributed by atoms with van der Waals surface area (Å²) in [5.74, 6) is 0.487. The Morgan fingerprint density at radius 3 is 2.63 bits per heavy atom. The maximum absolute atomic E-state index is 11.9. The summed E-state index contributed by atoms with van der Waals surface area (Å²) in [5.41, 5.74) is 5.37. The standard InChI is InChI=1S/C13H20N4O2/c1-8(2)7-17-11(14)10(12(18)16-13(17)19)15-9-5-3-4-6-9/h3-4,8-9,15H,5-7,14H2,1-2H3,(H,16,18,19). The lowest BCUT2D eigenvalue weighted by Crippen LogP contribution is -2.36. The van der Waals surface area contributed by atoms with Crippen LogP contribution in [0.2, 0.25) is 0 Å². The molecule has 0 radical (unpaired) electrons. The third kappa shape index (κ3) is 2.89. The molecule has 1 aromatic rings. The molecule has 6 nitrogen and oxygen atoms in total. The third-order valence-electron chi connectivity index (χ3n) is 3.14. The van der Waals surface area contributed by atoms with Gasteiger partial charge < -0.3 is 11.1 Å². The van der Waals surface area contributed by atoms with Gasteiger partial charge in [-0.05, 0) is 18.8 Å². The van der Waals surface area contributed by atoms with Crippen LogP contribution >= 0.6 is 0 Å². The van der Waals surface area contributed by atoms with Crippen LogP contribution in [0.1, 0.15) is 26.7 Å². The van der Waals surface area contributed by atoms with Crippen LogP contribution < -0.4 is 22.3 Å². The highest BCUT2D eigenvalue weighted by Gasteiger charge is 2.17. The van der Waals surface area contributed by atoms with Gasteiger partial charge in [-0.1, -0.05) is 26.0 Å². The van der Waals surface area contributed by atoms with E-state index in [1.807, 2.05) is 13.8 Å². The van der Waals surface area contributed by atoms with Crippen LogP contribution in [0.3, 0.4) is 0 Å². The number of nitrogen functional groups attached to an aromatic ring is 1. The predicted octanol–water partition coefficient (Wildman–Crippen LogP) is 0.905. The molecule has 2 rings (SSSR count). The number of nitrogens with two attached hydrogens (primary N) is 1. The first-order valence-electron chi connectivity index (χ1n) is 6.53. The van der Waals surface area contributed by atoms with Crippen molar-refractivity contribution >= 4 is 11.5 Å². The van der Waals surface area contributed by atoms with E-state index in [1.54, 1.807) is 0 Å². The number of anilines is 2. The molecule has 19 heavy (non-hydrogen) atoms. The van der Waals surface area contributed by atoms with Gasteiger partial charge in [-0.25, -0.2) is 4.79 Å². The Bertz CT molecular complexity index is 590. The normalized spacial score (nSPS) is 15.3. The molecule has 0 bridgehead atoms. The number of hydrogen-bond acceptors (Lipinski definition) is 4. The maximum atomic E-state index is 11.9. The fraction of sp³-hybridized carbons (Fsp3) is 0.538. The summed E-state index contributed by atoms with van der Waals surface area (Å²) in [6.45, 7) is 4.47. The van der Waals surface area contributed by atoms with Gasteiger partial charge in [-0.3, -0.25) is 14.3 Å². The molecule has 0 aromatic carbocycles. The molecule has 6 heteroatoms. The minimum absolute atomic E-state index is 0.174. The molecule has 1 aliphatic rings. The van der Waals surface area contributed by atoms with Gasteiger partial charge in [0.05, 0.1) is 0 Å². The fourth-order valence-electron chi connectivity index (χ4n) is 2.21. The number of hydrogen-bond donors (Lipinski definition) is 3. The summed E-state index contributed by atoms with van der Waals surface area (Å²) in [6, 6.07) is 0.174. The average Bonchev–Trinajstić information content (AvgIpc) is 2.82.